The molecule has 0 spiro atoms. The van der Waals surface area contributed by atoms with E-state index in [1.165, 1.54) is 25.4 Å². The van der Waals surface area contributed by atoms with Crippen LogP contribution in [0.5, 0.6) is 17.2 Å². The number of rotatable bonds is 7. The third-order valence-corrected chi connectivity index (χ3v) is 3.39. The van der Waals surface area contributed by atoms with Gasteiger partial charge in [-0.05, 0) is 26.0 Å². The number of ether oxygens (including phenoxy) is 3. The SMILES string of the molecule is CCOc1cc(OC)c(NC(=O)Nc2ccc(Cl)cn2)c(F)c1OCC. The standard InChI is InChI=1S/C17H19ClFN3O4/c1-4-25-12-8-11(24-3)15(14(19)16(12)26-5-2)22-17(23)21-13-7-6-10(18)9-20-13/h6-9H,4-5H2,1-3H3,(H2,20,21,22,23). The lowest BCUT2D eigenvalue weighted by molar-refractivity contribution is 0.261. The number of benzene rings is 1. The second-order valence-electron chi connectivity index (χ2n) is 4.90. The lowest BCUT2D eigenvalue weighted by atomic mass is 10.2. The summed E-state index contributed by atoms with van der Waals surface area (Å²) in [4.78, 5) is 16.1. The van der Waals surface area contributed by atoms with Crippen molar-refractivity contribution >= 4 is 29.1 Å². The average molecular weight is 384 g/mol. The van der Waals surface area contributed by atoms with Gasteiger partial charge in [0.2, 0.25) is 0 Å². The Bertz CT molecular complexity index is 772. The van der Waals surface area contributed by atoms with E-state index in [2.05, 4.69) is 15.6 Å². The number of amides is 2. The molecule has 0 saturated carbocycles. The lowest BCUT2D eigenvalue weighted by Crippen LogP contribution is -2.21. The fourth-order valence-electron chi connectivity index (χ4n) is 2.12. The molecule has 0 aliphatic carbocycles. The number of nitrogens with zero attached hydrogens (tertiary/aromatic N) is 1. The van der Waals surface area contributed by atoms with E-state index >= 15 is 0 Å². The Hall–Kier alpha value is -2.74. The average Bonchev–Trinajstić information content (AvgIpc) is 2.62. The molecule has 2 aromatic rings. The van der Waals surface area contributed by atoms with Crippen molar-refractivity contribution < 1.29 is 23.4 Å². The molecule has 0 unspecified atom stereocenters. The van der Waals surface area contributed by atoms with Gasteiger partial charge in [0.15, 0.2) is 17.3 Å². The summed E-state index contributed by atoms with van der Waals surface area (Å²) in [5, 5.41) is 5.30. The van der Waals surface area contributed by atoms with E-state index in [1.54, 1.807) is 19.9 Å². The van der Waals surface area contributed by atoms with Crippen molar-refractivity contribution in [1.82, 2.24) is 4.98 Å². The van der Waals surface area contributed by atoms with Crippen LogP contribution in [0.3, 0.4) is 0 Å². The third-order valence-electron chi connectivity index (χ3n) is 3.17. The van der Waals surface area contributed by atoms with E-state index in [0.29, 0.717) is 11.6 Å². The van der Waals surface area contributed by atoms with E-state index in [1.807, 2.05) is 0 Å². The minimum absolute atomic E-state index is 0.0913. The molecule has 9 heteroatoms. The molecule has 0 bridgehead atoms. The minimum Gasteiger partial charge on any atom is -0.494 e. The summed E-state index contributed by atoms with van der Waals surface area (Å²) in [5.41, 5.74) is -0.175. The van der Waals surface area contributed by atoms with Crippen molar-refractivity contribution in [3.63, 3.8) is 0 Å². The number of halogens is 2. The maximum atomic E-state index is 14.9. The van der Waals surface area contributed by atoms with Crippen molar-refractivity contribution in [3.8, 4) is 17.2 Å². The molecule has 0 fully saturated rings. The third kappa shape index (κ3) is 4.66. The highest BCUT2D eigenvalue weighted by Crippen LogP contribution is 2.42. The first-order chi connectivity index (χ1) is 12.5. The predicted octanol–water partition coefficient (Wildman–Crippen LogP) is 4.32. The zero-order valence-corrected chi connectivity index (χ0v) is 15.3. The molecule has 26 heavy (non-hydrogen) atoms. The molecule has 0 atom stereocenters. The van der Waals surface area contributed by atoms with Crippen molar-refractivity contribution in [2.45, 2.75) is 13.8 Å². The monoisotopic (exact) mass is 383 g/mol. The first kappa shape index (κ1) is 19.6. The van der Waals surface area contributed by atoms with Crippen LogP contribution in [0.1, 0.15) is 13.8 Å². The van der Waals surface area contributed by atoms with Crippen LogP contribution in [0.4, 0.5) is 20.7 Å². The first-order valence-corrected chi connectivity index (χ1v) is 8.23. The van der Waals surface area contributed by atoms with Crippen LogP contribution < -0.4 is 24.8 Å². The number of aromatic nitrogens is 1. The van der Waals surface area contributed by atoms with E-state index < -0.39 is 11.8 Å². The topological polar surface area (TPSA) is 81.7 Å². The molecule has 0 radical (unpaired) electrons. The maximum Gasteiger partial charge on any atom is 0.325 e. The molecule has 0 saturated heterocycles. The van der Waals surface area contributed by atoms with Gasteiger partial charge in [-0.15, -0.1) is 0 Å². The summed E-state index contributed by atoms with van der Waals surface area (Å²) in [7, 11) is 1.36. The summed E-state index contributed by atoms with van der Waals surface area (Å²) in [5.74, 6) is -0.367. The number of hydrogen-bond acceptors (Lipinski definition) is 5. The predicted molar refractivity (Wildman–Crippen MR) is 97.2 cm³/mol. The Kier molecular flexibility index (Phi) is 6.85. The van der Waals surface area contributed by atoms with E-state index in [4.69, 9.17) is 25.8 Å². The quantitative estimate of drug-likeness (QED) is 0.743. The number of pyridine rings is 1. The molecular weight excluding hydrogens is 365 g/mol. The summed E-state index contributed by atoms with van der Waals surface area (Å²) in [6.45, 7) is 4.02. The van der Waals surface area contributed by atoms with Gasteiger partial charge in [0.1, 0.15) is 17.3 Å². The van der Waals surface area contributed by atoms with E-state index in [9.17, 15) is 9.18 Å². The number of hydrogen-bond donors (Lipinski definition) is 2. The number of methoxy groups -OCH3 is 1. The zero-order valence-electron chi connectivity index (χ0n) is 14.6. The van der Waals surface area contributed by atoms with Gasteiger partial charge in [-0.3, -0.25) is 5.32 Å². The van der Waals surface area contributed by atoms with Gasteiger partial charge >= 0.3 is 6.03 Å². The largest absolute Gasteiger partial charge is 0.494 e. The molecule has 7 nitrogen and oxygen atoms in total. The molecule has 0 aliphatic rings. The van der Waals surface area contributed by atoms with E-state index in [0.717, 1.165) is 0 Å². The van der Waals surface area contributed by atoms with Crippen LogP contribution in [0.15, 0.2) is 24.4 Å². The molecule has 2 N–H and O–H groups in total. The van der Waals surface area contributed by atoms with Gasteiger partial charge in [-0.1, -0.05) is 11.6 Å². The van der Waals surface area contributed by atoms with Gasteiger partial charge in [0, 0.05) is 12.3 Å². The first-order valence-electron chi connectivity index (χ1n) is 7.85. The van der Waals surface area contributed by atoms with Gasteiger partial charge < -0.3 is 19.5 Å². The molecule has 1 heterocycles. The summed E-state index contributed by atoms with van der Waals surface area (Å²) >= 11 is 5.74. The van der Waals surface area contributed by atoms with Crippen molar-refractivity contribution in [2.24, 2.45) is 0 Å². The summed E-state index contributed by atoms with van der Waals surface area (Å²) < 4.78 is 30.7. The molecular formula is C17H19ClFN3O4. The number of carbonyl (C=O) groups excluding carboxylic acids is 1. The van der Waals surface area contributed by atoms with Gasteiger partial charge in [0.05, 0.1) is 25.3 Å². The number of anilines is 2. The highest BCUT2D eigenvalue weighted by atomic mass is 35.5. The fraction of sp³-hybridized carbons (Fsp3) is 0.294. The molecule has 2 amide bonds. The second-order valence-corrected chi connectivity index (χ2v) is 5.34. The number of urea groups is 1. The molecule has 1 aromatic heterocycles. The Labute approximate surface area is 155 Å². The van der Waals surface area contributed by atoms with Gasteiger partial charge in [0.25, 0.3) is 0 Å². The van der Waals surface area contributed by atoms with Crippen LogP contribution in [0.25, 0.3) is 0 Å². The van der Waals surface area contributed by atoms with Crippen LogP contribution >= 0.6 is 11.6 Å². The van der Waals surface area contributed by atoms with Crippen LogP contribution in [0, 0.1) is 5.82 Å². The second kappa shape index (κ2) is 9.10. The van der Waals surface area contributed by atoms with Crippen molar-refractivity contribution in [2.75, 3.05) is 31.0 Å². The molecule has 1 aromatic carbocycles. The highest BCUT2D eigenvalue weighted by Gasteiger charge is 2.23. The highest BCUT2D eigenvalue weighted by molar-refractivity contribution is 6.30. The Morgan fingerprint density at radius 1 is 1.19 bits per heavy atom. The van der Waals surface area contributed by atoms with Gasteiger partial charge in [-0.2, -0.15) is 0 Å². The lowest BCUT2D eigenvalue weighted by Gasteiger charge is -2.18. The molecule has 0 aliphatic heterocycles. The van der Waals surface area contributed by atoms with Crippen LogP contribution in [-0.2, 0) is 0 Å². The molecule has 140 valence electrons. The molecule has 2 rings (SSSR count). The van der Waals surface area contributed by atoms with Crippen molar-refractivity contribution in [3.05, 3.63) is 35.2 Å². The maximum absolute atomic E-state index is 14.9. The summed E-state index contributed by atoms with van der Waals surface area (Å²) in [6.07, 6.45) is 1.38. The Morgan fingerprint density at radius 3 is 2.50 bits per heavy atom. The van der Waals surface area contributed by atoms with Crippen molar-refractivity contribution in [1.29, 1.82) is 0 Å². The number of nitrogens with one attached hydrogen (secondary N) is 2. The Morgan fingerprint density at radius 2 is 1.92 bits per heavy atom. The fourth-order valence-corrected chi connectivity index (χ4v) is 2.23. The normalized spacial score (nSPS) is 10.2. The Balaban J connectivity index is 2.30. The summed E-state index contributed by atoms with van der Waals surface area (Å²) in [6, 6.07) is 3.83. The van der Waals surface area contributed by atoms with Crippen LogP contribution in [0.2, 0.25) is 5.02 Å². The van der Waals surface area contributed by atoms with Gasteiger partial charge in [-0.25, -0.2) is 14.2 Å². The van der Waals surface area contributed by atoms with E-state index in [-0.39, 0.29) is 35.4 Å². The van der Waals surface area contributed by atoms with Crippen LogP contribution in [-0.4, -0.2) is 31.3 Å². The zero-order chi connectivity index (χ0) is 19.1. The number of carbonyl (C=O) groups is 1. The smallest absolute Gasteiger partial charge is 0.325 e. The minimum atomic E-state index is -0.797.